The Hall–Kier alpha value is -2.27. The van der Waals surface area contributed by atoms with Crippen LogP contribution < -0.4 is 0 Å². The summed E-state index contributed by atoms with van der Waals surface area (Å²) < 4.78 is 0. The van der Waals surface area contributed by atoms with Crippen LogP contribution in [0.2, 0.25) is 5.02 Å². The summed E-state index contributed by atoms with van der Waals surface area (Å²) in [6.07, 6.45) is 6.51. The fourth-order valence-electron chi connectivity index (χ4n) is 1.33. The smallest absolute Gasteiger partial charge is 0.258 e. The molecular weight excluding hydrogens is 254 g/mol. The summed E-state index contributed by atoms with van der Waals surface area (Å²) in [5.74, 6) is 0.514. The van der Waals surface area contributed by atoms with Gasteiger partial charge in [-0.1, -0.05) is 11.6 Å². The van der Waals surface area contributed by atoms with Gasteiger partial charge in [0.15, 0.2) is 5.82 Å². The van der Waals surface area contributed by atoms with Crippen molar-refractivity contribution in [3.8, 4) is 0 Å². The zero-order chi connectivity index (χ0) is 13.0. The third-order valence-corrected chi connectivity index (χ3v) is 2.53. The Morgan fingerprint density at radius 1 is 1.22 bits per heavy atom. The van der Waals surface area contributed by atoms with Crippen molar-refractivity contribution in [2.24, 2.45) is 0 Å². The van der Waals surface area contributed by atoms with Gasteiger partial charge in [-0.2, -0.15) is 0 Å². The second kappa shape index (κ2) is 5.37. The first-order chi connectivity index (χ1) is 8.66. The van der Waals surface area contributed by atoms with E-state index in [0.29, 0.717) is 16.4 Å². The monoisotopic (exact) mass is 261 g/mol. The van der Waals surface area contributed by atoms with Crippen LogP contribution in [0, 0.1) is 10.1 Å². The zero-order valence-electron chi connectivity index (χ0n) is 9.15. The molecule has 1 heterocycles. The molecule has 0 fully saturated rings. The van der Waals surface area contributed by atoms with E-state index in [1.165, 1.54) is 18.2 Å². The van der Waals surface area contributed by atoms with Gasteiger partial charge in [0.25, 0.3) is 5.69 Å². The third kappa shape index (κ3) is 2.89. The third-order valence-electron chi connectivity index (χ3n) is 2.19. The highest BCUT2D eigenvalue weighted by molar-refractivity contribution is 6.32. The second-order valence-electron chi connectivity index (χ2n) is 3.40. The predicted octanol–water partition coefficient (Wildman–Crippen LogP) is 3.21. The maximum Gasteiger partial charge on any atom is 0.270 e. The van der Waals surface area contributed by atoms with Crippen molar-refractivity contribution in [3.05, 3.63) is 63.2 Å². The van der Waals surface area contributed by atoms with E-state index in [1.54, 1.807) is 30.6 Å². The molecule has 0 aliphatic heterocycles. The van der Waals surface area contributed by atoms with Crippen LogP contribution in [0.3, 0.4) is 0 Å². The molecule has 0 saturated heterocycles. The lowest BCUT2D eigenvalue weighted by atomic mass is 10.2. The molecule has 0 aliphatic carbocycles. The molecule has 2 rings (SSSR count). The molecule has 90 valence electrons. The first kappa shape index (κ1) is 12.2. The number of non-ortho nitro benzene ring substituents is 1. The molecule has 6 heteroatoms. The van der Waals surface area contributed by atoms with Gasteiger partial charge in [0.1, 0.15) is 0 Å². The molecule has 0 atom stereocenters. The minimum atomic E-state index is -0.466. The molecule has 0 bridgehead atoms. The number of aromatic nitrogens is 2. The molecule has 0 N–H and O–H groups in total. The van der Waals surface area contributed by atoms with E-state index in [2.05, 4.69) is 9.97 Å². The zero-order valence-corrected chi connectivity index (χ0v) is 9.91. The molecule has 0 saturated carbocycles. The van der Waals surface area contributed by atoms with E-state index in [-0.39, 0.29) is 5.69 Å². The summed E-state index contributed by atoms with van der Waals surface area (Å²) >= 11 is 5.95. The van der Waals surface area contributed by atoms with E-state index >= 15 is 0 Å². The van der Waals surface area contributed by atoms with Gasteiger partial charge in [-0.05, 0) is 29.8 Å². The van der Waals surface area contributed by atoms with Crippen LogP contribution in [0.5, 0.6) is 0 Å². The highest BCUT2D eigenvalue weighted by Gasteiger charge is 2.07. The first-order valence-electron chi connectivity index (χ1n) is 5.06. The standard InChI is InChI=1S/C12H8ClN3O2/c13-11-4-3-10(16(17)18)8-9(11)2-5-12-14-6-1-7-15-12/h1-8H/b5-2-. The maximum atomic E-state index is 10.7. The topological polar surface area (TPSA) is 68.9 Å². The average Bonchev–Trinajstić information content (AvgIpc) is 2.38. The number of hydrogen-bond acceptors (Lipinski definition) is 4. The summed E-state index contributed by atoms with van der Waals surface area (Å²) in [6, 6.07) is 5.96. The highest BCUT2D eigenvalue weighted by Crippen LogP contribution is 2.23. The summed E-state index contributed by atoms with van der Waals surface area (Å²) in [5, 5.41) is 11.1. The van der Waals surface area contributed by atoms with E-state index < -0.39 is 4.92 Å². The molecule has 0 spiro atoms. The van der Waals surface area contributed by atoms with E-state index in [9.17, 15) is 10.1 Å². The SMILES string of the molecule is O=[N+]([O-])c1ccc(Cl)c(/C=C\c2ncccn2)c1. The Morgan fingerprint density at radius 2 is 1.94 bits per heavy atom. The van der Waals surface area contributed by atoms with Gasteiger partial charge in [0.05, 0.1) is 4.92 Å². The van der Waals surface area contributed by atoms with E-state index in [1.807, 2.05) is 0 Å². The van der Waals surface area contributed by atoms with Crippen LogP contribution in [-0.4, -0.2) is 14.9 Å². The molecule has 1 aromatic carbocycles. The van der Waals surface area contributed by atoms with Gasteiger partial charge < -0.3 is 0 Å². The molecule has 1 aromatic heterocycles. The Morgan fingerprint density at radius 3 is 2.61 bits per heavy atom. The number of halogens is 1. The fourth-order valence-corrected chi connectivity index (χ4v) is 1.51. The quantitative estimate of drug-likeness (QED) is 0.628. The minimum Gasteiger partial charge on any atom is -0.258 e. The first-order valence-corrected chi connectivity index (χ1v) is 5.43. The lowest BCUT2D eigenvalue weighted by Crippen LogP contribution is -1.88. The van der Waals surface area contributed by atoms with Crippen molar-refractivity contribution in [1.82, 2.24) is 9.97 Å². The normalized spacial score (nSPS) is 10.7. The Kier molecular flexibility index (Phi) is 3.64. The summed E-state index contributed by atoms with van der Waals surface area (Å²) in [7, 11) is 0. The Balaban J connectivity index is 2.31. The Labute approximate surface area is 108 Å². The van der Waals surface area contributed by atoms with Crippen LogP contribution >= 0.6 is 11.6 Å². The van der Waals surface area contributed by atoms with Crippen LogP contribution in [0.1, 0.15) is 11.4 Å². The molecule has 18 heavy (non-hydrogen) atoms. The largest absolute Gasteiger partial charge is 0.270 e. The molecular formula is C12H8ClN3O2. The number of benzene rings is 1. The lowest BCUT2D eigenvalue weighted by molar-refractivity contribution is -0.384. The lowest BCUT2D eigenvalue weighted by Gasteiger charge is -1.98. The molecule has 0 unspecified atom stereocenters. The average molecular weight is 262 g/mol. The van der Waals surface area contributed by atoms with Crippen molar-refractivity contribution in [3.63, 3.8) is 0 Å². The van der Waals surface area contributed by atoms with E-state index in [4.69, 9.17) is 11.6 Å². The minimum absolute atomic E-state index is 0.00645. The van der Waals surface area contributed by atoms with Crippen LogP contribution in [0.4, 0.5) is 5.69 Å². The van der Waals surface area contributed by atoms with Gasteiger partial charge in [0, 0.05) is 29.5 Å². The Bertz CT molecular complexity index is 600. The predicted molar refractivity (Wildman–Crippen MR) is 69.1 cm³/mol. The van der Waals surface area contributed by atoms with Crippen molar-refractivity contribution >= 4 is 29.4 Å². The summed E-state index contributed by atoms with van der Waals surface area (Å²) in [4.78, 5) is 18.2. The fraction of sp³-hybridized carbons (Fsp3) is 0. The molecule has 0 aliphatic rings. The highest BCUT2D eigenvalue weighted by atomic mass is 35.5. The molecule has 5 nitrogen and oxygen atoms in total. The van der Waals surface area contributed by atoms with Crippen molar-refractivity contribution in [2.75, 3.05) is 0 Å². The van der Waals surface area contributed by atoms with Crippen molar-refractivity contribution < 1.29 is 4.92 Å². The van der Waals surface area contributed by atoms with Gasteiger partial charge >= 0.3 is 0 Å². The van der Waals surface area contributed by atoms with Gasteiger partial charge in [-0.25, -0.2) is 9.97 Å². The maximum absolute atomic E-state index is 10.7. The van der Waals surface area contributed by atoms with Crippen LogP contribution in [0.15, 0.2) is 36.7 Å². The van der Waals surface area contributed by atoms with Crippen LogP contribution in [0.25, 0.3) is 12.2 Å². The van der Waals surface area contributed by atoms with Crippen molar-refractivity contribution in [2.45, 2.75) is 0 Å². The van der Waals surface area contributed by atoms with Gasteiger partial charge in [-0.15, -0.1) is 0 Å². The van der Waals surface area contributed by atoms with E-state index in [0.717, 1.165) is 0 Å². The molecule has 0 amide bonds. The number of hydrogen-bond donors (Lipinski definition) is 0. The number of nitrogens with zero attached hydrogens (tertiary/aromatic N) is 3. The van der Waals surface area contributed by atoms with Gasteiger partial charge in [0.2, 0.25) is 0 Å². The summed E-state index contributed by atoms with van der Waals surface area (Å²) in [6.45, 7) is 0. The molecule has 0 radical (unpaired) electrons. The summed E-state index contributed by atoms with van der Waals surface area (Å²) in [5.41, 5.74) is 0.548. The number of nitro benzene ring substituents is 1. The number of nitro groups is 1. The number of rotatable bonds is 3. The van der Waals surface area contributed by atoms with Crippen LogP contribution in [-0.2, 0) is 0 Å². The van der Waals surface area contributed by atoms with Crippen molar-refractivity contribution in [1.29, 1.82) is 0 Å². The van der Waals surface area contributed by atoms with Gasteiger partial charge in [-0.3, -0.25) is 10.1 Å². The molecule has 2 aromatic rings. The second-order valence-corrected chi connectivity index (χ2v) is 3.81.